The van der Waals surface area contributed by atoms with Crippen molar-refractivity contribution in [2.24, 2.45) is 5.92 Å². The summed E-state index contributed by atoms with van der Waals surface area (Å²) < 4.78 is 5.04. The Morgan fingerprint density at radius 1 is 1.55 bits per heavy atom. The third-order valence-corrected chi connectivity index (χ3v) is 2.24. The van der Waals surface area contributed by atoms with Crippen LogP contribution in [0.2, 0.25) is 0 Å². The smallest absolute Gasteiger partial charge is 0.0831 e. The number of aliphatic hydroxyl groups excluding tert-OH is 1. The van der Waals surface area contributed by atoms with Crippen molar-refractivity contribution >= 4 is 0 Å². The van der Waals surface area contributed by atoms with Crippen LogP contribution >= 0.6 is 0 Å². The quantitative estimate of drug-likeness (QED) is 0.606. The van der Waals surface area contributed by atoms with Gasteiger partial charge in [0.15, 0.2) is 0 Å². The third kappa shape index (κ3) is 1.92. The number of methoxy groups -OCH3 is 1. The monoisotopic (exact) mass is 155 g/mol. The summed E-state index contributed by atoms with van der Waals surface area (Å²) in [5.74, 6) is 0.0244. The number of hydrogen-bond donors (Lipinski definition) is 1. The molecule has 1 aliphatic rings. The van der Waals surface area contributed by atoms with Crippen LogP contribution in [0.3, 0.4) is 0 Å². The summed E-state index contributed by atoms with van der Waals surface area (Å²) in [6, 6.07) is 2.16. The van der Waals surface area contributed by atoms with E-state index in [1.165, 1.54) is 0 Å². The van der Waals surface area contributed by atoms with Gasteiger partial charge in [0.2, 0.25) is 0 Å². The molecular weight excluding hydrogens is 142 g/mol. The van der Waals surface area contributed by atoms with E-state index < -0.39 is 6.10 Å². The summed E-state index contributed by atoms with van der Waals surface area (Å²) in [4.78, 5) is 0. The van der Waals surface area contributed by atoms with E-state index in [2.05, 4.69) is 6.07 Å². The molecule has 1 N–H and O–H groups in total. The van der Waals surface area contributed by atoms with Crippen molar-refractivity contribution in [1.29, 1.82) is 5.26 Å². The maximum Gasteiger partial charge on any atom is 0.0831 e. The average Bonchev–Trinajstić information content (AvgIpc) is 2.04. The minimum absolute atomic E-state index is 0.0244. The van der Waals surface area contributed by atoms with Crippen molar-refractivity contribution in [3.05, 3.63) is 0 Å². The Balaban J connectivity index is 2.42. The molecule has 3 atom stereocenters. The van der Waals surface area contributed by atoms with E-state index in [4.69, 9.17) is 10.00 Å². The van der Waals surface area contributed by atoms with E-state index in [1.54, 1.807) is 7.11 Å². The van der Waals surface area contributed by atoms with Crippen LogP contribution in [0.1, 0.15) is 19.3 Å². The fourth-order valence-corrected chi connectivity index (χ4v) is 1.51. The minimum Gasteiger partial charge on any atom is -0.390 e. The molecule has 0 amide bonds. The highest BCUT2D eigenvalue weighted by atomic mass is 16.5. The lowest BCUT2D eigenvalue weighted by Gasteiger charge is -2.28. The first kappa shape index (κ1) is 8.51. The minimum atomic E-state index is -0.446. The fourth-order valence-electron chi connectivity index (χ4n) is 1.51. The van der Waals surface area contributed by atoms with Crippen LogP contribution in [0.5, 0.6) is 0 Å². The molecule has 0 radical (unpaired) electrons. The van der Waals surface area contributed by atoms with Crippen molar-refractivity contribution in [2.75, 3.05) is 7.11 Å². The molecule has 11 heavy (non-hydrogen) atoms. The highest BCUT2D eigenvalue weighted by Gasteiger charge is 2.28. The Morgan fingerprint density at radius 2 is 2.27 bits per heavy atom. The van der Waals surface area contributed by atoms with E-state index in [0.29, 0.717) is 6.42 Å². The van der Waals surface area contributed by atoms with Crippen LogP contribution in [0, 0.1) is 17.2 Å². The Bertz CT molecular complexity index is 164. The fraction of sp³-hybridized carbons (Fsp3) is 0.875. The van der Waals surface area contributed by atoms with Crippen molar-refractivity contribution in [2.45, 2.75) is 31.5 Å². The SMILES string of the molecule is COC1CCC(C#N)CC1O. The predicted octanol–water partition coefficient (Wildman–Crippen LogP) is 0.686. The van der Waals surface area contributed by atoms with Crippen LogP contribution < -0.4 is 0 Å². The number of aliphatic hydroxyl groups is 1. The number of ether oxygens (including phenoxy) is 1. The van der Waals surface area contributed by atoms with Gasteiger partial charge in [0.05, 0.1) is 18.3 Å². The first-order valence-corrected chi connectivity index (χ1v) is 3.88. The second kappa shape index (κ2) is 3.70. The lowest BCUT2D eigenvalue weighted by molar-refractivity contribution is -0.0436. The molecule has 0 bridgehead atoms. The molecule has 0 aromatic rings. The zero-order chi connectivity index (χ0) is 8.27. The van der Waals surface area contributed by atoms with E-state index in [-0.39, 0.29) is 12.0 Å². The molecule has 62 valence electrons. The highest BCUT2D eigenvalue weighted by molar-refractivity contribution is 4.91. The Hall–Kier alpha value is -0.590. The first-order valence-electron chi connectivity index (χ1n) is 3.88. The van der Waals surface area contributed by atoms with Crippen molar-refractivity contribution in [3.63, 3.8) is 0 Å². The lowest BCUT2D eigenvalue weighted by atomic mass is 9.86. The number of rotatable bonds is 1. The van der Waals surface area contributed by atoms with Gasteiger partial charge < -0.3 is 9.84 Å². The summed E-state index contributed by atoms with van der Waals surface area (Å²) in [6.45, 7) is 0. The lowest BCUT2D eigenvalue weighted by Crippen LogP contribution is -2.34. The van der Waals surface area contributed by atoms with E-state index in [1.807, 2.05) is 0 Å². The largest absolute Gasteiger partial charge is 0.390 e. The van der Waals surface area contributed by atoms with E-state index in [9.17, 15) is 5.11 Å². The summed E-state index contributed by atoms with van der Waals surface area (Å²) in [7, 11) is 1.60. The molecule has 0 heterocycles. The maximum absolute atomic E-state index is 9.39. The molecule has 3 unspecified atom stereocenters. The maximum atomic E-state index is 9.39. The average molecular weight is 155 g/mol. The number of nitrogens with zero attached hydrogens (tertiary/aromatic N) is 1. The molecule has 1 rings (SSSR count). The third-order valence-electron chi connectivity index (χ3n) is 2.24. The standard InChI is InChI=1S/C8H13NO2/c1-11-8-3-2-6(5-9)4-7(8)10/h6-8,10H,2-4H2,1H3. The van der Waals surface area contributed by atoms with Gasteiger partial charge in [-0.25, -0.2) is 0 Å². The summed E-state index contributed by atoms with van der Waals surface area (Å²) in [6.07, 6.45) is 1.72. The van der Waals surface area contributed by atoms with Gasteiger partial charge in [-0.15, -0.1) is 0 Å². The van der Waals surface area contributed by atoms with Gasteiger partial charge in [-0.2, -0.15) is 5.26 Å². The van der Waals surface area contributed by atoms with Crippen LogP contribution in [-0.4, -0.2) is 24.4 Å². The second-order valence-corrected chi connectivity index (χ2v) is 2.98. The summed E-state index contributed by atoms with van der Waals surface area (Å²) in [5, 5.41) is 18.0. The Kier molecular flexibility index (Phi) is 2.86. The molecule has 0 aliphatic heterocycles. The summed E-state index contributed by atoms with van der Waals surface area (Å²) >= 11 is 0. The zero-order valence-electron chi connectivity index (χ0n) is 6.66. The molecule has 0 aromatic carbocycles. The zero-order valence-corrected chi connectivity index (χ0v) is 6.66. The Labute approximate surface area is 66.6 Å². The molecule has 0 saturated heterocycles. The van der Waals surface area contributed by atoms with Gasteiger partial charge >= 0.3 is 0 Å². The van der Waals surface area contributed by atoms with Gasteiger partial charge in [-0.05, 0) is 19.3 Å². The van der Waals surface area contributed by atoms with Crippen LogP contribution in [-0.2, 0) is 4.74 Å². The molecule has 1 fully saturated rings. The molecule has 3 heteroatoms. The topological polar surface area (TPSA) is 53.2 Å². The van der Waals surface area contributed by atoms with Crippen molar-refractivity contribution in [3.8, 4) is 6.07 Å². The molecule has 0 aromatic heterocycles. The number of nitriles is 1. The van der Waals surface area contributed by atoms with Crippen molar-refractivity contribution in [1.82, 2.24) is 0 Å². The van der Waals surface area contributed by atoms with Crippen molar-refractivity contribution < 1.29 is 9.84 Å². The van der Waals surface area contributed by atoms with Gasteiger partial charge in [0, 0.05) is 13.0 Å². The number of hydrogen-bond acceptors (Lipinski definition) is 3. The van der Waals surface area contributed by atoms with Crippen LogP contribution in [0.15, 0.2) is 0 Å². The summed E-state index contributed by atoms with van der Waals surface area (Å²) in [5.41, 5.74) is 0. The van der Waals surface area contributed by atoms with E-state index in [0.717, 1.165) is 12.8 Å². The normalized spacial score (nSPS) is 38.1. The molecule has 1 saturated carbocycles. The molecular formula is C8H13NO2. The van der Waals surface area contributed by atoms with Crippen LogP contribution in [0.4, 0.5) is 0 Å². The highest BCUT2D eigenvalue weighted by Crippen LogP contribution is 2.25. The first-order chi connectivity index (χ1) is 5.27. The Morgan fingerprint density at radius 3 is 2.73 bits per heavy atom. The van der Waals surface area contributed by atoms with Gasteiger partial charge in [0.1, 0.15) is 0 Å². The van der Waals surface area contributed by atoms with Gasteiger partial charge in [0.25, 0.3) is 0 Å². The molecule has 0 spiro atoms. The second-order valence-electron chi connectivity index (χ2n) is 2.98. The van der Waals surface area contributed by atoms with Gasteiger partial charge in [-0.3, -0.25) is 0 Å². The van der Waals surface area contributed by atoms with Gasteiger partial charge in [-0.1, -0.05) is 0 Å². The molecule has 1 aliphatic carbocycles. The predicted molar refractivity (Wildman–Crippen MR) is 39.8 cm³/mol. The van der Waals surface area contributed by atoms with Crippen LogP contribution in [0.25, 0.3) is 0 Å². The van der Waals surface area contributed by atoms with E-state index >= 15 is 0 Å². The molecule has 3 nitrogen and oxygen atoms in total.